The number of aromatic nitrogens is 2. The van der Waals surface area contributed by atoms with E-state index in [-0.39, 0.29) is 18.3 Å². The van der Waals surface area contributed by atoms with Gasteiger partial charge in [-0.05, 0) is 39.9 Å². The minimum atomic E-state index is -0.359. The van der Waals surface area contributed by atoms with Gasteiger partial charge in [0.25, 0.3) is 5.91 Å². The van der Waals surface area contributed by atoms with Gasteiger partial charge in [0.1, 0.15) is 18.1 Å². The normalized spacial score (nSPS) is 11.1. The maximum Gasteiger partial charge on any atom is 0.292 e. The van der Waals surface area contributed by atoms with Crippen LogP contribution in [0.5, 0.6) is 5.75 Å². The third-order valence-electron chi connectivity index (χ3n) is 6.10. The number of nitrogens with zero attached hydrogens (tertiary/aromatic N) is 2. The molecular formula is C30H23N3O3. The smallest absolute Gasteiger partial charge is 0.292 e. The SMILES string of the molecule is O=C(Nc1ccn(Cc2cccc3ccccc23)n1)c1ccc(COc2cccc3ccccc23)o1. The lowest BCUT2D eigenvalue weighted by atomic mass is 10.0. The maximum atomic E-state index is 12.7. The molecule has 4 aromatic carbocycles. The van der Waals surface area contributed by atoms with Crippen molar-refractivity contribution in [2.45, 2.75) is 13.2 Å². The average Bonchev–Trinajstić information content (AvgIpc) is 3.57. The van der Waals surface area contributed by atoms with E-state index in [0.717, 1.165) is 22.1 Å². The van der Waals surface area contributed by atoms with E-state index in [2.05, 4.69) is 34.7 Å². The highest BCUT2D eigenvalue weighted by atomic mass is 16.5. The van der Waals surface area contributed by atoms with Crippen molar-refractivity contribution in [2.24, 2.45) is 0 Å². The lowest BCUT2D eigenvalue weighted by Gasteiger charge is -2.08. The molecule has 0 saturated carbocycles. The molecule has 176 valence electrons. The van der Waals surface area contributed by atoms with E-state index in [1.165, 1.54) is 10.8 Å². The summed E-state index contributed by atoms with van der Waals surface area (Å²) in [5, 5.41) is 11.8. The summed E-state index contributed by atoms with van der Waals surface area (Å²) < 4.78 is 13.5. The van der Waals surface area contributed by atoms with Crippen molar-refractivity contribution < 1.29 is 13.9 Å². The van der Waals surface area contributed by atoms with E-state index in [0.29, 0.717) is 18.1 Å². The lowest BCUT2D eigenvalue weighted by molar-refractivity contribution is 0.0992. The van der Waals surface area contributed by atoms with Crippen LogP contribution >= 0.6 is 0 Å². The molecule has 6 aromatic rings. The van der Waals surface area contributed by atoms with E-state index in [9.17, 15) is 4.79 Å². The summed E-state index contributed by atoms with van der Waals surface area (Å²) in [7, 11) is 0. The van der Waals surface area contributed by atoms with E-state index in [1.54, 1.807) is 18.2 Å². The third kappa shape index (κ3) is 4.44. The van der Waals surface area contributed by atoms with Gasteiger partial charge in [-0.1, -0.05) is 78.9 Å². The number of furan rings is 1. The predicted octanol–water partition coefficient (Wildman–Crippen LogP) is 6.66. The van der Waals surface area contributed by atoms with Gasteiger partial charge in [-0.15, -0.1) is 0 Å². The zero-order chi connectivity index (χ0) is 24.3. The summed E-state index contributed by atoms with van der Waals surface area (Å²) in [5.74, 6) is 1.64. The number of nitrogens with one attached hydrogen (secondary N) is 1. The molecule has 0 spiro atoms. The number of hydrogen-bond donors (Lipinski definition) is 1. The Morgan fingerprint density at radius 1 is 0.806 bits per heavy atom. The van der Waals surface area contributed by atoms with Gasteiger partial charge in [-0.3, -0.25) is 9.48 Å². The van der Waals surface area contributed by atoms with Crippen molar-refractivity contribution in [3.63, 3.8) is 0 Å². The first-order valence-corrected chi connectivity index (χ1v) is 11.7. The fourth-order valence-electron chi connectivity index (χ4n) is 4.35. The number of anilines is 1. The molecule has 2 aromatic heterocycles. The lowest BCUT2D eigenvalue weighted by Crippen LogP contribution is -2.12. The predicted molar refractivity (Wildman–Crippen MR) is 140 cm³/mol. The van der Waals surface area contributed by atoms with Crippen LogP contribution in [0.2, 0.25) is 0 Å². The molecule has 0 aliphatic rings. The number of benzene rings is 4. The first kappa shape index (κ1) is 21.7. The molecule has 0 atom stereocenters. The first-order valence-electron chi connectivity index (χ1n) is 11.7. The van der Waals surface area contributed by atoms with Crippen LogP contribution in [0.3, 0.4) is 0 Å². The average molecular weight is 474 g/mol. The van der Waals surface area contributed by atoms with Crippen LogP contribution in [0.15, 0.2) is 114 Å². The monoisotopic (exact) mass is 473 g/mol. The summed E-state index contributed by atoms with van der Waals surface area (Å²) in [6.07, 6.45) is 1.85. The van der Waals surface area contributed by atoms with Crippen LogP contribution in [0.4, 0.5) is 5.82 Å². The summed E-state index contributed by atoms with van der Waals surface area (Å²) in [6.45, 7) is 0.828. The molecule has 0 fully saturated rings. The van der Waals surface area contributed by atoms with Gasteiger partial charge in [0.05, 0.1) is 6.54 Å². The molecule has 6 nitrogen and oxygen atoms in total. The van der Waals surface area contributed by atoms with Gasteiger partial charge in [0, 0.05) is 17.6 Å². The molecule has 36 heavy (non-hydrogen) atoms. The molecule has 0 saturated heterocycles. The van der Waals surface area contributed by atoms with Crippen LogP contribution in [0.1, 0.15) is 21.9 Å². The van der Waals surface area contributed by atoms with Crippen LogP contribution in [-0.4, -0.2) is 15.7 Å². The molecular weight excluding hydrogens is 450 g/mol. The van der Waals surface area contributed by atoms with Crippen molar-refractivity contribution in [2.75, 3.05) is 5.32 Å². The zero-order valence-corrected chi connectivity index (χ0v) is 19.4. The standard InChI is InChI=1S/C30H23N3O3/c34-30(28-16-15-24(36-28)20-35-27-14-6-10-22-8-2-4-13-26(22)27)31-29-17-18-33(32-29)19-23-11-5-9-21-7-1-3-12-25(21)23/h1-18H,19-20H2,(H,31,32,34). The molecule has 0 bridgehead atoms. The largest absolute Gasteiger partial charge is 0.485 e. The zero-order valence-electron chi connectivity index (χ0n) is 19.4. The van der Waals surface area contributed by atoms with Gasteiger partial charge in [0.2, 0.25) is 0 Å². The van der Waals surface area contributed by atoms with Gasteiger partial charge < -0.3 is 14.5 Å². The Labute approximate surface area is 207 Å². The topological polar surface area (TPSA) is 69.3 Å². The number of hydrogen-bond acceptors (Lipinski definition) is 4. The van der Waals surface area contributed by atoms with Crippen LogP contribution < -0.4 is 10.1 Å². The molecule has 6 rings (SSSR count). The first-order chi connectivity index (χ1) is 17.7. The minimum Gasteiger partial charge on any atom is -0.485 e. The summed E-state index contributed by atoms with van der Waals surface area (Å²) >= 11 is 0. The van der Waals surface area contributed by atoms with E-state index < -0.39 is 0 Å². The number of fused-ring (bicyclic) bond motifs is 2. The number of amides is 1. The molecule has 1 amide bonds. The Kier molecular flexibility index (Phi) is 5.68. The third-order valence-corrected chi connectivity index (χ3v) is 6.10. The Balaban J connectivity index is 1.10. The van der Waals surface area contributed by atoms with Crippen molar-refractivity contribution in [1.29, 1.82) is 0 Å². The van der Waals surface area contributed by atoms with E-state index in [4.69, 9.17) is 9.15 Å². The van der Waals surface area contributed by atoms with E-state index >= 15 is 0 Å². The number of ether oxygens (including phenoxy) is 1. The molecule has 0 aliphatic heterocycles. The highest BCUT2D eigenvalue weighted by molar-refractivity contribution is 6.01. The minimum absolute atomic E-state index is 0.204. The van der Waals surface area contributed by atoms with E-state index in [1.807, 2.05) is 71.5 Å². The summed E-state index contributed by atoms with van der Waals surface area (Å²) in [5.41, 5.74) is 1.16. The number of carbonyl (C=O) groups excluding carboxylic acids is 1. The van der Waals surface area contributed by atoms with Gasteiger partial charge >= 0.3 is 0 Å². The highest BCUT2D eigenvalue weighted by Gasteiger charge is 2.14. The van der Waals surface area contributed by atoms with Crippen molar-refractivity contribution in [3.05, 3.63) is 126 Å². The fraction of sp³-hybridized carbons (Fsp3) is 0.0667. The second-order valence-electron chi connectivity index (χ2n) is 8.52. The molecule has 1 N–H and O–H groups in total. The Hall–Kier alpha value is -4.84. The van der Waals surface area contributed by atoms with Crippen molar-refractivity contribution in [1.82, 2.24) is 9.78 Å². The Morgan fingerprint density at radius 2 is 1.53 bits per heavy atom. The number of carbonyl (C=O) groups is 1. The molecule has 0 aliphatic carbocycles. The van der Waals surface area contributed by atoms with Gasteiger partial charge in [0.15, 0.2) is 11.6 Å². The molecule has 2 heterocycles. The fourth-order valence-corrected chi connectivity index (χ4v) is 4.35. The Morgan fingerprint density at radius 3 is 2.39 bits per heavy atom. The van der Waals surface area contributed by atoms with Gasteiger partial charge in [-0.25, -0.2) is 0 Å². The molecule has 6 heteroatoms. The van der Waals surface area contributed by atoms with Crippen molar-refractivity contribution in [3.8, 4) is 5.75 Å². The van der Waals surface area contributed by atoms with Gasteiger partial charge in [-0.2, -0.15) is 5.10 Å². The van der Waals surface area contributed by atoms with Crippen LogP contribution in [0, 0.1) is 0 Å². The molecule has 0 radical (unpaired) electrons. The summed E-state index contributed by atoms with van der Waals surface area (Å²) in [4.78, 5) is 12.7. The van der Waals surface area contributed by atoms with Crippen LogP contribution in [-0.2, 0) is 13.2 Å². The quantitative estimate of drug-likeness (QED) is 0.281. The second kappa shape index (κ2) is 9.43. The summed E-state index contributed by atoms with van der Waals surface area (Å²) in [6, 6.07) is 33.6. The highest BCUT2D eigenvalue weighted by Crippen LogP contribution is 2.26. The maximum absolute atomic E-state index is 12.7. The second-order valence-corrected chi connectivity index (χ2v) is 8.52. The van der Waals surface area contributed by atoms with Crippen molar-refractivity contribution >= 4 is 33.3 Å². The van der Waals surface area contributed by atoms with Crippen LogP contribution in [0.25, 0.3) is 21.5 Å². The number of rotatable bonds is 7. The Bertz CT molecular complexity index is 1670. The molecule has 0 unspecified atom stereocenters.